The summed E-state index contributed by atoms with van der Waals surface area (Å²) in [5.41, 5.74) is 0.0728. The van der Waals surface area contributed by atoms with Crippen LogP contribution in [-0.4, -0.2) is 31.5 Å². The third-order valence-electron chi connectivity index (χ3n) is 4.26. The van der Waals surface area contributed by atoms with Gasteiger partial charge in [-0.25, -0.2) is 0 Å². The molecule has 2 aromatic carbocycles. The molecule has 0 aliphatic rings. The molecule has 2 aromatic rings. The van der Waals surface area contributed by atoms with Crippen molar-refractivity contribution in [3.05, 3.63) is 48.0 Å². The predicted molar refractivity (Wildman–Crippen MR) is 110 cm³/mol. The predicted octanol–water partition coefficient (Wildman–Crippen LogP) is 4.53. The van der Waals surface area contributed by atoms with Crippen molar-refractivity contribution in [2.45, 2.75) is 26.9 Å². The second kappa shape index (κ2) is 10.00. The Morgan fingerprint density at radius 3 is 2.27 bits per heavy atom. The standard InChI is InChI=1S/C21H24F3N3O3/c1-4-27(5-2)18-11-10-15(21(22,23)24)12-17(18)26-20(29)13-30-19-9-7-6-8-16(19)25-14(3)28/h6-12H,4-5,13H2,1-3H3,(H,25,28)(H,26,29). The van der Waals surface area contributed by atoms with Crippen molar-refractivity contribution >= 4 is 28.9 Å². The lowest BCUT2D eigenvalue weighted by Gasteiger charge is -2.25. The molecule has 0 heterocycles. The summed E-state index contributed by atoms with van der Waals surface area (Å²) in [4.78, 5) is 25.5. The van der Waals surface area contributed by atoms with Crippen LogP contribution in [0.3, 0.4) is 0 Å². The first kappa shape index (κ1) is 23.1. The number of alkyl halides is 3. The summed E-state index contributed by atoms with van der Waals surface area (Å²) in [6.07, 6.45) is -4.53. The lowest BCUT2D eigenvalue weighted by atomic mass is 10.1. The molecule has 0 unspecified atom stereocenters. The summed E-state index contributed by atoms with van der Waals surface area (Å²) in [5, 5.41) is 5.09. The van der Waals surface area contributed by atoms with Crippen molar-refractivity contribution < 1.29 is 27.5 Å². The van der Waals surface area contributed by atoms with Crippen LogP contribution in [0.4, 0.5) is 30.2 Å². The molecule has 2 rings (SSSR count). The van der Waals surface area contributed by atoms with Gasteiger partial charge >= 0.3 is 6.18 Å². The average molecular weight is 423 g/mol. The molecule has 0 fully saturated rings. The van der Waals surface area contributed by atoms with Gasteiger partial charge in [0.15, 0.2) is 6.61 Å². The number of halogens is 3. The average Bonchev–Trinajstić information content (AvgIpc) is 2.68. The van der Waals surface area contributed by atoms with Crippen LogP contribution in [-0.2, 0) is 15.8 Å². The highest BCUT2D eigenvalue weighted by Crippen LogP contribution is 2.35. The van der Waals surface area contributed by atoms with Crippen LogP contribution < -0.4 is 20.3 Å². The molecular formula is C21H24F3N3O3. The summed E-state index contributed by atoms with van der Waals surface area (Å²) in [7, 11) is 0. The first-order valence-corrected chi connectivity index (χ1v) is 9.41. The van der Waals surface area contributed by atoms with Crippen molar-refractivity contribution in [1.82, 2.24) is 0 Å². The Labute approximate surface area is 173 Å². The minimum Gasteiger partial charge on any atom is -0.482 e. The van der Waals surface area contributed by atoms with Crippen LogP contribution in [0.1, 0.15) is 26.3 Å². The minimum absolute atomic E-state index is 0.0530. The second-order valence-electron chi connectivity index (χ2n) is 6.42. The van der Waals surface area contributed by atoms with Crippen molar-refractivity contribution in [2.75, 3.05) is 35.2 Å². The number of ether oxygens (including phenoxy) is 1. The van der Waals surface area contributed by atoms with Gasteiger partial charge in [-0.15, -0.1) is 0 Å². The SMILES string of the molecule is CCN(CC)c1ccc(C(F)(F)F)cc1NC(=O)COc1ccccc1NC(C)=O. The molecule has 0 bridgehead atoms. The van der Waals surface area contributed by atoms with E-state index in [1.165, 1.54) is 13.0 Å². The molecule has 6 nitrogen and oxygen atoms in total. The smallest absolute Gasteiger partial charge is 0.416 e. The highest BCUT2D eigenvalue weighted by atomic mass is 19.4. The van der Waals surface area contributed by atoms with Gasteiger partial charge in [0.2, 0.25) is 5.91 Å². The number of hydrogen-bond acceptors (Lipinski definition) is 4. The maximum absolute atomic E-state index is 13.1. The molecule has 2 N–H and O–H groups in total. The molecule has 2 amide bonds. The second-order valence-corrected chi connectivity index (χ2v) is 6.42. The Morgan fingerprint density at radius 1 is 1.00 bits per heavy atom. The van der Waals surface area contributed by atoms with Crippen LogP contribution in [0.25, 0.3) is 0 Å². The molecule has 0 radical (unpaired) electrons. The van der Waals surface area contributed by atoms with Gasteiger partial charge in [0.25, 0.3) is 5.91 Å². The number of rotatable bonds is 8. The first-order chi connectivity index (χ1) is 14.2. The van der Waals surface area contributed by atoms with Crippen LogP contribution >= 0.6 is 0 Å². The van der Waals surface area contributed by atoms with E-state index in [9.17, 15) is 22.8 Å². The summed E-state index contributed by atoms with van der Waals surface area (Å²) in [6.45, 7) is 5.76. The largest absolute Gasteiger partial charge is 0.482 e. The highest BCUT2D eigenvalue weighted by molar-refractivity contribution is 5.96. The number of para-hydroxylation sites is 2. The van der Waals surface area contributed by atoms with Gasteiger partial charge in [0, 0.05) is 20.0 Å². The first-order valence-electron chi connectivity index (χ1n) is 9.41. The number of amides is 2. The van der Waals surface area contributed by atoms with Gasteiger partial charge in [-0.2, -0.15) is 13.2 Å². The highest BCUT2D eigenvalue weighted by Gasteiger charge is 2.31. The molecule has 0 spiro atoms. The molecular weight excluding hydrogens is 399 g/mol. The van der Waals surface area contributed by atoms with Gasteiger partial charge in [0.1, 0.15) is 5.75 Å². The minimum atomic E-state index is -4.53. The van der Waals surface area contributed by atoms with E-state index in [-0.39, 0.29) is 17.3 Å². The molecule has 9 heteroatoms. The number of carbonyl (C=O) groups excluding carboxylic acids is 2. The molecule has 162 valence electrons. The van der Waals surface area contributed by atoms with Crippen molar-refractivity contribution in [2.24, 2.45) is 0 Å². The number of anilines is 3. The van der Waals surface area contributed by atoms with Crippen LogP contribution in [0.2, 0.25) is 0 Å². The number of nitrogens with one attached hydrogen (secondary N) is 2. The van der Waals surface area contributed by atoms with Crippen molar-refractivity contribution in [3.8, 4) is 5.75 Å². The molecule has 0 atom stereocenters. The quantitative estimate of drug-likeness (QED) is 0.655. The van der Waals surface area contributed by atoms with E-state index in [0.717, 1.165) is 12.1 Å². The van der Waals surface area contributed by atoms with Gasteiger partial charge < -0.3 is 20.3 Å². The third-order valence-corrected chi connectivity index (χ3v) is 4.26. The van der Waals surface area contributed by atoms with Crippen LogP contribution in [0.5, 0.6) is 5.75 Å². The zero-order valence-corrected chi connectivity index (χ0v) is 17.0. The maximum atomic E-state index is 13.1. The Kier molecular flexibility index (Phi) is 7.68. The number of nitrogens with zero attached hydrogens (tertiary/aromatic N) is 1. The Hall–Kier alpha value is -3.23. The van der Waals surface area contributed by atoms with Crippen LogP contribution in [0, 0.1) is 0 Å². The number of benzene rings is 2. The third kappa shape index (κ3) is 6.13. The van der Waals surface area contributed by atoms with Crippen molar-refractivity contribution in [3.63, 3.8) is 0 Å². The van der Waals surface area contributed by atoms with Crippen LogP contribution in [0.15, 0.2) is 42.5 Å². The van der Waals surface area contributed by atoms with E-state index in [1.807, 2.05) is 18.7 Å². The Morgan fingerprint density at radius 2 is 1.67 bits per heavy atom. The molecule has 0 aliphatic heterocycles. The number of hydrogen-bond donors (Lipinski definition) is 2. The van der Waals surface area contributed by atoms with Gasteiger partial charge in [0.05, 0.1) is 22.6 Å². The summed E-state index contributed by atoms with van der Waals surface area (Å²) in [5.74, 6) is -0.653. The molecule has 0 aliphatic carbocycles. The fourth-order valence-corrected chi connectivity index (χ4v) is 2.87. The maximum Gasteiger partial charge on any atom is 0.416 e. The molecule has 0 saturated carbocycles. The van der Waals surface area contributed by atoms with E-state index >= 15 is 0 Å². The summed E-state index contributed by atoms with van der Waals surface area (Å²) >= 11 is 0. The van der Waals surface area contributed by atoms with Gasteiger partial charge in [-0.1, -0.05) is 12.1 Å². The van der Waals surface area contributed by atoms with E-state index < -0.39 is 24.3 Å². The van der Waals surface area contributed by atoms with Gasteiger partial charge in [-0.05, 0) is 44.2 Å². The molecule has 0 aromatic heterocycles. The zero-order valence-electron chi connectivity index (χ0n) is 17.0. The van der Waals surface area contributed by atoms with Gasteiger partial charge in [-0.3, -0.25) is 9.59 Å². The summed E-state index contributed by atoms with van der Waals surface area (Å²) in [6, 6.07) is 9.80. The lowest BCUT2D eigenvalue weighted by molar-refractivity contribution is -0.137. The zero-order chi connectivity index (χ0) is 22.3. The van der Waals surface area contributed by atoms with E-state index in [4.69, 9.17) is 4.74 Å². The normalized spacial score (nSPS) is 11.0. The fraction of sp³-hybridized carbons (Fsp3) is 0.333. The van der Waals surface area contributed by atoms with E-state index in [2.05, 4.69) is 10.6 Å². The fourth-order valence-electron chi connectivity index (χ4n) is 2.87. The molecule has 0 saturated heterocycles. The number of carbonyl (C=O) groups is 2. The topological polar surface area (TPSA) is 70.7 Å². The van der Waals surface area contributed by atoms with Crippen molar-refractivity contribution in [1.29, 1.82) is 0 Å². The van der Waals surface area contributed by atoms with E-state index in [0.29, 0.717) is 24.5 Å². The Balaban J connectivity index is 2.20. The lowest BCUT2D eigenvalue weighted by Crippen LogP contribution is -2.26. The Bertz CT molecular complexity index is 897. The molecule has 30 heavy (non-hydrogen) atoms. The van der Waals surface area contributed by atoms with E-state index in [1.54, 1.807) is 24.3 Å². The summed E-state index contributed by atoms with van der Waals surface area (Å²) < 4.78 is 44.9. The monoisotopic (exact) mass is 423 g/mol.